The molecule has 1 aliphatic rings. The maximum atomic E-state index is 6.94. The van der Waals surface area contributed by atoms with Gasteiger partial charge in [-0.2, -0.15) is 0 Å². The average Bonchev–Trinajstić information content (AvgIpc) is 3.91. The summed E-state index contributed by atoms with van der Waals surface area (Å²) in [6.45, 7) is 0. The Bertz CT molecular complexity index is 2960. The van der Waals surface area contributed by atoms with Gasteiger partial charge in [0.05, 0.1) is 27.9 Å². The van der Waals surface area contributed by atoms with E-state index in [1.54, 1.807) is 0 Å². The third-order valence-electron chi connectivity index (χ3n) is 10.8. The van der Waals surface area contributed by atoms with Crippen LogP contribution in [0.3, 0.4) is 0 Å². The molecular formula is C50H32N2O. The topological polar surface area (TPSA) is 31.0 Å². The van der Waals surface area contributed by atoms with Crippen molar-refractivity contribution in [2.24, 2.45) is 0 Å². The first-order valence-corrected chi connectivity index (χ1v) is 18.2. The summed E-state index contributed by atoms with van der Waals surface area (Å²) >= 11 is 0. The fourth-order valence-corrected chi connectivity index (χ4v) is 8.37. The van der Waals surface area contributed by atoms with Crippen LogP contribution in [0.15, 0.2) is 186 Å². The lowest BCUT2D eigenvalue weighted by molar-refractivity contribution is 0.566. The maximum absolute atomic E-state index is 6.94. The number of para-hydroxylation sites is 2. The zero-order valence-electron chi connectivity index (χ0n) is 28.8. The summed E-state index contributed by atoms with van der Waals surface area (Å²) in [7, 11) is 0. The van der Waals surface area contributed by atoms with E-state index in [0.717, 1.165) is 62.0 Å². The molecule has 10 aromatic rings. The van der Waals surface area contributed by atoms with Crippen LogP contribution in [0.2, 0.25) is 0 Å². The first kappa shape index (κ1) is 29.7. The fourth-order valence-electron chi connectivity index (χ4n) is 8.37. The predicted molar refractivity (Wildman–Crippen MR) is 219 cm³/mol. The molecular weight excluding hydrogens is 645 g/mol. The highest BCUT2D eigenvalue weighted by molar-refractivity contribution is 6.13. The highest BCUT2D eigenvalue weighted by atomic mass is 16.3. The van der Waals surface area contributed by atoms with Gasteiger partial charge in [-0.3, -0.25) is 0 Å². The first-order valence-electron chi connectivity index (χ1n) is 18.2. The van der Waals surface area contributed by atoms with Crippen molar-refractivity contribution < 1.29 is 4.42 Å². The zero-order valence-corrected chi connectivity index (χ0v) is 28.8. The molecule has 0 unspecified atom stereocenters. The minimum Gasteiger partial charge on any atom is -0.458 e. The Morgan fingerprint density at radius 1 is 0.472 bits per heavy atom. The van der Waals surface area contributed by atoms with Gasteiger partial charge >= 0.3 is 0 Å². The molecule has 3 heterocycles. The minimum atomic E-state index is 0.740. The van der Waals surface area contributed by atoms with Crippen molar-refractivity contribution >= 4 is 49.3 Å². The van der Waals surface area contributed by atoms with Crippen LogP contribution >= 0.6 is 0 Å². The van der Waals surface area contributed by atoms with E-state index in [1.165, 1.54) is 49.7 Å². The Morgan fingerprint density at radius 2 is 1.06 bits per heavy atom. The maximum Gasteiger partial charge on any atom is 0.158 e. The molecule has 0 N–H and O–H groups in total. The predicted octanol–water partition coefficient (Wildman–Crippen LogP) is 13.1. The van der Waals surface area contributed by atoms with Crippen molar-refractivity contribution in [3.63, 3.8) is 0 Å². The molecule has 3 nitrogen and oxygen atoms in total. The van der Waals surface area contributed by atoms with Crippen LogP contribution in [-0.2, 0) is 6.42 Å². The van der Waals surface area contributed by atoms with Gasteiger partial charge in [-0.05, 0) is 75.9 Å². The number of hydrogen-bond donors (Lipinski definition) is 0. The number of pyridine rings is 1. The van der Waals surface area contributed by atoms with E-state index in [9.17, 15) is 0 Å². The van der Waals surface area contributed by atoms with Crippen molar-refractivity contribution in [2.45, 2.75) is 6.42 Å². The molecule has 3 heteroatoms. The zero-order chi connectivity index (χ0) is 34.9. The van der Waals surface area contributed by atoms with Crippen molar-refractivity contribution in [1.29, 1.82) is 0 Å². The van der Waals surface area contributed by atoms with Gasteiger partial charge in [-0.25, -0.2) is 4.98 Å². The fraction of sp³-hybridized carbons (Fsp3) is 0.0200. The molecule has 248 valence electrons. The van der Waals surface area contributed by atoms with Crippen molar-refractivity contribution in [1.82, 2.24) is 9.55 Å². The van der Waals surface area contributed by atoms with Crippen molar-refractivity contribution in [3.05, 3.63) is 199 Å². The number of benzene rings is 7. The van der Waals surface area contributed by atoms with Crippen LogP contribution in [0.25, 0.3) is 88.4 Å². The van der Waals surface area contributed by atoms with Crippen LogP contribution < -0.4 is 0 Å². The lowest BCUT2D eigenvalue weighted by atomic mass is 9.94. The van der Waals surface area contributed by atoms with E-state index in [0.29, 0.717) is 0 Å². The molecule has 1 aliphatic carbocycles. The summed E-state index contributed by atoms with van der Waals surface area (Å²) in [4.78, 5) is 5.09. The number of hydrogen-bond acceptors (Lipinski definition) is 2. The molecule has 0 saturated heterocycles. The third kappa shape index (κ3) is 4.71. The van der Waals surface area contributed by atoms with Crippen LogP contribution in [0.1, 0.15) is 16.9 Å². The number of fused-ring (bicyclic) bond motifs is 7. The molecule has 53 heavy (non-hydrogen) atoms. The molecule has 0 radical (unpaired) electrons. The number of furan rings is 1. The van der Waals surface area contributed by atoms with E-state index >= 15 is 0 Å². The molecule has 0 bridgehead atoms. The average molecular weight is 677 g/mol. The van der Waals surface area contributed by atoms with E-state index < -0.39 is 0 Å². The molecule has 0 saturated carbocycles. The summed E-state index contributed by atoms with van der Waals surface area (Å²) < 4.78 is 9.34. The summed E-state index contributed by atoms with van der Waals surface area (Å²) in [6, 6.07) is 62.8. The molecule has 0 fully saturated rings. The van der Waals surface area contributed by atoms with Crippen molar-refractivity contribution in [3.8, 4) is 39.2 Å². The lowest BCUT2D eigenvalue weighted by Gasteiger charge is -2.12. The van der Waals surface area contributed by atoms with Gasteiger partial charge in [0.2, 0.25) is 0 Å². The van der Waals surface area contributed by atoms with Gasteiger partial charge in [0.15, 0.2) is 5.58 Å². The Labute approximate surface area is 306 Å². The summed E-state index contributed by atoms with van der Waals surface area (Å²) in [5.41, 5.74) is 15.7. The van der Waals surface area contributed by atoms with Gasteiger partial charge in [-0.15, -0.1) is 0 Å². The molecule has 11 rings (SSSR count). The quantitative estimate of drug-likeness (QED) is 0.182. The van der Waals surface area contributed by atoms with Gasteiger partial charge in [0.25, 0.3) is 0 Å². The molecule has 0 atom stereocenters. The second-order valence-electron chi connectivity index (χ2n) is 13.8. The Hall–Kier alpha value is -6.97. The number of nitrogens with zero attached hydrogens (tertiary/aromatic N) is 2. The van der Waals surface area contributed by atoms with Crippen LogP contribution in [-0.4, -0.2) is 9.55 Å². The molecule has 3 aromatic heterocycles. The Kier molecular flexibility index (Phi) is 6.62. The van der Waals surface area contributed by atoms with Gasteiger partial charge < -0.3 is 8.98 Å². The smallest absolute Gasteiger partial charge is 0.158 e. The molecule has 0 amide bonds. The SMILES string of the molecule is C1=C(c2cc(-c3ccccc3)nc3ccccc23)c2c(oc3c(-n4c5ccc(-c6ccccc6)cc5c5cc(-c6ccccc6)ccc54)cccc23)C1. The molecule has 0 spiro atoms. The molecule has 7 aromatic carbocycles. The number of allylic oxidation sites excluding steroid dienone is 1. The summed E-state index contributed by atoms with van der Waals surface area (Å²) in [5, 5.41) is 4.70. The van der Waals surface area contributed by atoms with E-state index in [4.69, 9.17) is 9.40 Å². The normalized spacial score (nSPS) is 12.6. The van der Waals surface area contributed by atoms with Gasteiger partial charge in [-0.1, -0.05) is 140 Å². The Balaban J connectivity index is 1.13. The van der Waals surface area contributed by atoms with Gasteiger partial charge in [0, 0.05) is 39.1 Å². The standard InChI is InChI=1S/C50H32N2O/c1-4-13-32(14-5-1)35-23-26-45-41(29-35)42-30-36(33-15-6-2-7-16-33)24-27-46(42)52(45)47-22-12-20-39-49-38(25-28-48(49)53-50(39)47)40-31-44(34-17-8-3-9-18-34)51-43-21-11-10-19-37(40)43/h1-27,29-31H,28H2. The van der Waals surface area contributed by atoms with Gasteiger partial charge in [0.1, 0.15) is 5.76 Å². The molecule has 0 aliphatic heterocycles. The van der Waals surface area contributed by atoms with Crippen LogP contribution in [0.4, 0.5) is 0 Å². The summed E-state index contributed by atoms with van der Waals surface area (Å²) in [6.07, 6.45) is 3.07. The monoisotopic (exact) mass is 676 g/mol. The highest BCUT2D eigenvalue weighted by Gasteiger charge is 2.27. The highest BCUT2D eigenvalue weighted by Crippen LogP contribution is 2.46. The Morgan fingerprint density at radius 3 is 1.72 bits per heavy atom. The second kappa shape index (κ2) is 11.8. The van der Waals surface area contributed by atoms with Crippen LogP contribution in [0, 0.1) is 0 Å². The minimum absolute atomic E-state index is 0.740. The first-order chi connectivity index (χ1) is 26.3. The van der Waals surface area contributed by atoms with Crippen molar-refractivity contribution in [2.75, 3.05) is 0 Å². The number of rotatable bonds is 5. The van der Waals surface area contributed by atoms with E-state index in [-0.39, 0.29) is 0 Å². The lowest BCUT2D eigenvalue weighted by Crippen LogP contribution is -1.95. The largest absolute Gasteiger partial charge is 0.458 e. The van der Waals surface area contributed by atoms with E-state index in [1.807, 2.05) is 6.07 Å². The van der Waals surface area contributed by atoms with Crippen LogP contribution in [0.5, 0.6) is 0 Å². The second-order valence-corrected chi connectivity index (χ2v) is 13.8. The number of aromatic nitrogens is 2. The summed E-state index contributed by atoms with van der Waals surface area (Å²) in [5.74, 6) is 1.00. The third-order valence-corrected chi connectivity index (χ3v) is 10.8. The van der Waals surface area contributed by atoms with E-state index in [2.05, 4.69) is 181 Å².